The highest BCUT2D eigenvalue weighted by Gasteiger charge is 2.32. The predicted octanol–water partition coefficient (Wildman–Crippen LogP) is 2.21. The van der Waals surface area contributed by atoms with Gasteiger partial charge in [-0.2, -0.15) is 10.1 Å². The fourth-order valence-corrected chi connectivity index (χ4v) is 7.61. The second-order valence-corrected chi connectivity index (χ2v) is 13.8. The first-order valence-electron chi connectivity index (χ1n) is 17.8. The van der Waals surface area contributed by atoms with Gasteiger partial charge < -0.3 is 15.5 Å². The molecule has 3 aliphatic heterocycles. The van der Waals surface area contributed by atoms with Crippen molar-refractivity contribution in [1.29, 1.82) is 0 Å². The SMILES string of the molecule is O=C(NC1CCC(n2c(=O)c3cc(F)cnc3n(-c3cccc(-c4ccc(CCN5CCNCC5)cc4)c3)c2=O)CC1)C1=C[NH+]2CN(F)C=CC2=N1. The molecule has 4 aromatic rings. The second-order valence-electron chi connectivity index (χ2n) is 13.8. The summed E-state index contributed by atoms with van der Waals surface area (Å²) in [6.07, 6.45) is 8.29. The van der Waals surface area contributed by atoms with Gasteiger partial charge >= 0.3 is 5.69 Å². The number of aromatic nitrogens is 3. The number of quaternary nitrogens is 1. The number of amidine groups is 1. The minimum absolute atomic E-state index is 0.0152. The van der Waals surface area contributed by atoms with Crippen molar-refractivity contribution in [3.05, 3.63) is 117 Å². The normalized spacial score (nSPS) is 21.9. The van der Waals surface area contributed by atoms with Crippen LogP contribution in [0.15, 0.2) is 99.5 Å². The van der Waals surface area contributed by atoms with Crippen molar-refractivity contribution in [3.8, 4) is 16.8 Å². The molecule has 12 nitrogen and oxygen atoms in total. The first kappa shape index (κ1) is 33.8. The minimum atomic E-state index is -0.670. The molecule has 2 aromatic heterocycles. The van der Waals surface area contributed by atoms with Crippen molar-refractivity contribution in [2.45, 2.75) is 44.2 Å². The third-order valence-corrected chi connectivity index (χ3v) is 10.4. The van der Waals surface area contributed by atoms with E-state index in [0.717, 1.165) is 62.5 Å². The fourth-order valence-electron chi connectivity index (χ4n) is 7.61. The van der Waals surface area contributed by atoms with Crippen LogP contribution in [0, 0.1) is 5.82 Å². The number of hydrogen-bond acceptors (Lipinski definition) is 8. The third kappa shape index (κ3) is 6.84. The quantitative estimate of drug-likeness (QED) is 0.240. The predicted molar refractivity (Wildman–Crippen MR) is 193 cm³/mol. The summed E-state index contributed by atoms with van der Waals surface area (Å²) in [6, 6.07) is 16.4. The molecular formula is C38H40F2N9O3+. The van der Waals surface area contributed by atoms with Gasteiger partial charge in [0.25, 0.3) is 11.5 Å². The Morgan fingerprint density at radius 2 is 1.79 bits per heavy atom. The van der Waals surface area contributed by atoms with Crippen LogP contribution >= 0.6 is 0 Å². The van der Waals surface area contributed by atoms with E-state index in [0.29, 0.717) is 47.2 Å². The van der Waals surface area contributed by atoms with E-state index >= 15 is 0 Å². The lowest BCUT2D eigenvalue weighted by atomic mass is 9.90. The van der Waals surface area contributed by atoms with Gasteiger partial charge in [0.2, 0.25) is 5.84 Å². The Balaban J connectivity index is 1.02. The molecule has 1 atom stereocenters. The second kappa shape index (κ2) is 14.4. The lowest BCUT2D eigenvalue weighted by Crippen LogP contribution is -3.11. The number of hydrogen-bond donors (Lipinski definition) is 3. The summed E-state index contributed by atoms with van der Waals surface area (Å²) in [5.41, 5.74) is 2.80. The Bertz CT molecular complexity index is 2220. The molecule has 0 radical (unpaired) electrons. The number of rotatable bonds is 8. The molecule has 8 rings (SSSR count). The van der Waals surface area contributed by atoms with E-state index in [2.05, 4.69) is 49.8 Å². The zero-order valence-electron chi connectivity index (χ0n) is 28.6. The van der Waals surface area contributed by atoms with Crippen molar-refractivity contribution in [2.24, 2.45) is 4.99 Å². The highest BCUT2D eigenvalue weighted by Crippen LogP contribution is 2.29. The highest BCUT2D eigenvalue weighted by molar-refractivity contribution is 5.99. The molecule has 1 saturated carbocycles. The van der Waals surface area contributed by atoms with E-state index in [-0.39, 0.29) is 35.3 Å². The molecule has 268 valence electrons. The highest BCUT2D eigenvalue weighted by atomic mass is 19.2. The van der Waals surface area contributed by atoms with E-state index in [9.17, 15) is 23.3 Å². The molecule has 14 heteroatoms. The topological polar surface area (TPSA) is 121 Å². The van der Waals surface area contributed by atoms with Gasteiger partial charge in [-0.15, -0.1) is 0 Å². The first-order valence-corrected chi connectivity index (χ1v) is 17.8. The molecule has 4 aliphatic rings. The van der Waals surface area contributed by atoms with Crippen LogP contribution < -0.4 is 26.8 Å². The monoisotopic (exact) mass is 708 g/mol. The van der Waals surface area contributed by atoms with Crippen LogP contribution in [-0.4, -0.2) is 81.3 Å². The van der Waals surface area contributed by atoms with Crippen LogP contribution in [-0.2, 0) is 11.2 Å². The largest absolute Gasteiger partial charge is 0.348 e. The summed E-state index contributed by atoms with van der Waals surface area (Å²) in [5.74, 6) is -0.454. The fraction of sp³-hybridized carbons (Fsp3) is 0.342. The number of piperazine rings is 1. The van der Waals surface area contributed by atoms with Gasteiger partial charge in [0, 0.05) is 57.1 Å². The summed E-state index contributed by atoms with van der Waals surface area (Å²) in [5, 5.41) is 6.95. The van der Waals surface area contributed by atoms with Gasteiger partial charge in [0.1, 0.15) is 12.0 Å². The molecule has 1 aliphatic carbocycles. The molecule has 0 bridgehead atoms. The lowest BCUT2D eigenvalue weighted by molar-refractivity contribution is -0.763. The van der Waals surface area contributed by atoms with Crippen LogP contribution in [0.2, 0.25) is 0 Å². The Morgan fingerprint density at radius 3 is 2.58 bits per heavy atom. The van der Waals surface area contributed by atoms with E-state index in [1.165, 1.54) is 27.0 Å². The maximum absolute atomic E-state index is 14.5. The molecule has 2 aromatic carbocycles. The van der Waals surface area contributed by atoms with Crippen molar-refractivity contribution < 1.29 is 18.6 Å². The number of halogens is 2. The van der Waals surface area contributed by atoms with Crippen molar-refractivity contribution in [2.75, 3.05) is 39.4 Å². The van der Waals surface area contributed by atoms with Gasteiger partial charge in [0.05, 0.1) is 17.3 Å². The first-order chi connectivity index (χ1) is 25.3. The van der Waals surface area contributed by atoms with Crippen LogP contribution in [0.4, 0.5) is 8.87 Å². The Labute approximate surface area is 298 Å². The summed E-state index contributed by atoms with van der Waals surface area (Å²) >= 11 is 0. The van der Waals surface area contributed by atoms with Gasteiger partial charge in [-0.25, -0.2) is 23.6 Å². The van der Waals surface area contributed by atoms with Crippen molar-refractivity contribution in [3.63, 3.8) is 0 Å². The standard InChI is InChI=1S/C38H39F2N9O3/c39-28-21-32-35(42-22-28)48(31-3-1-2-27(20-31)26-6-4-25(5-7-26)12-16-45-18-14-41-15-19-45)38(52)49(37(32)51)30-10-8-29(9-11-30)43-36(50)33-23-46-24-47(40)17-13-34(46)44-33/h1-7,13,17,20-23,29-30,41H,8-12,14-16,18-19,24H2,(H,43,50)/p+1. The molecule has 3 N–H and O–H groups in total. The molecule has 1 amide bonds. The third-order valence-electron chi connectivity index (χ3n) is 10.4. The van der Waals surface area contributed by atoms with Crippen LogP contribution in [0.25, 0.3) is 27.8 Å². The molecule has 5 heterocycles. The van der Waals surface area contributed by atoms with Crippen LogP contribution in [0.3, 0.4) is 0 Å². The number of benzene rings is 2. The van der Waals surface area contributed by atoms with Crippen molar-refractivity contribution in [1.82, 2.24) is 34.8 Å². The maximum Gasteiger partial charge on any atom is 0.337 e. The van der Waals surface area contributed by atoms with Gasteiger partial charge in [0.15, 0.2) is 18.0 Å². The van der Waals surface area contributed by atoms with E-state index in [1.807, 2.05) is 18.2 Å². The number of aliphatic imine (C=N–C) groups is 1. The van der Waals surface area contributed by atoms with Gasteiger partial charge in [-0.1, -0.05) is 40.9 Å². The van der Waals surface area contributed by atoms with E-state index in [4.69, 9.17) is 0 Å². The van der Waals surface area contributed by atoms with Gasteiger partial charge in [-0.05, 0) is 67.0 Å². The molecular weight excluding hydrogens is 668 g/mol. The minimum Gasteiger partial charge on any atom is -0.348 e. The Kier molecular flexibility index (Phi) is 9.34. The Morgan fingerprint density at radius 1 is 1.00 bits per heavy atom. The summed E-state index contributed by atoms with van der Waals surface area (Å²) in [6.45, 7) is 5.21. The number of amides is 1. The summed E-state index contributed by atoms with van der Waals surface area (Å²) in [4.78, 5) is 52.9. The molecule has 1 unspecified atom stereocenters. The number of carbonyl (C=O) groups is 1. The number of nitrogens with zero attached hydrogens (tertiary/aromatic N) is 6. The van der Waals surface area contributed by atoms with Crippen LogP contribution in [0.5, 0.6) is 0 Å². The molecule has 0 spiro atoms. The van der Waals surface area contributed by atoms with E-state index in [1.54, 1.807) is 12.3 Å². The summed E-state index contributed by atoms with van der Waals surface area (Å²) in [7, 11) is 0. The molecule has 52 heavy (non-hydrogen) atoms. The number of carbonyl (C=O) groups excluding carboxylic acids is 1. The van der Waals surface area contributed by atoms with Gasteiger partial charge in [-0.3, -0.25) is 14.2 Å². The van der Waals surface area contributed by atoms with Crippen molar-refractivity contribution >= 4 is 22.8 Å². The number of fused-ring (bicyclic) bond motifs is 2. The average molecular weight is 709 g/mol. The van der Waals surface area contributed by atoms with E-state index < -0.39 is 23.1 Å². The molecule has 1 saturated heterocycles. The summed E-state index contributed by atoms with van der Waals surface area (Å²) < 4.78 is 30.8. The smallest absolute Gasteiger partial charge is 0.337 e. The lowest BCUT2D eigenvalue weighted by Gasteiger charge is -2.30. The zero-order valence-corrected chi connectivity index (χ0v) is 28.6. The average Bonchev–Trinajstić information content (AvgIpc) is 3.59. The maximum atomic E-state index is 14.5. The Hall–Kier alpha value is -5.31. The zero-order chi connectivity index (χ0) is 35.8. The van der Waals surface area contributed by atoms with Crippen LogP contribution in [0.1, 0.15) is 37.3 Å². The number of pyridine rings is 1. The number of nitrogens with one attached hydrogen (secondary N) is 3. The molecule has 2 fully saturated rings.